The minimum atomic E-state index is 0.842. The molecule has 0 aliphatic rings. The quantitative estimate of drug-likeness (QED) is 0.524. The van der Waals surface area contributed by atoms with E-state index >= 15 is 0 Å². The molecule has 0 unspecified atom stereocenters. The van der Waals surface area contributed by atoms with Crippen LogP contribution in [0.25, 0.3) is 0 Å². The Bertz CT molecular complexity index is 283. The number of allylic oxidation sites excluding steroid dienone is 2. The van der Waals surface area contributed by atoms with E-state index in [0.29, 0.717) is 0 Å². The van der Waals surface area contributed by atoms with Crippen molar-refractivity contribution in [3.63, 3.8) is 0 Å². The summed E-state index contributed by atoms with van der Waals surface area (Å²) in [6, 6.07) is 8.00. The lowest BCUT2D eigenvalue weighted by Gasteiger charge is -1.98. The van der Waals surface area contributed by atoms with Crippen LogP contribution in [0.2, 0.25) is 0 Å². The summed E-state index contributed by atoms with van der Waals surface area (Å²) in [5.41, 5.74) is 9.11. The molecule has 64 valence electrons. The van der Waals surface area contributed by atoms with E-state index in [-0.39, 0.29) is 0 Å². The second-order valence-corrected chi connectivity index (χ2v) is 3.23. The number of hydrogen-bond acceptors (Lipinski definition) is 1. The second-order valence-electron chi connectivity index (χ2n) is 3.23. The van der Waals surface area contributed by atoms with Crippen LogP contribution in [0, 0.1) is 0 Å². The first-order valence-corrected chi connectivity index (χ1v) is 4.16. The zero-order valence-corrected chi connectivity index (χ0v) is 7.67. The Morgan fingerprint density at radius 3 is 2.75 bits per heavy atom. The number of rotatable bonds is 2. The molecule has 0 heterocycles. The van der Waals surface area contributed by atoms with Crippen molar-refractivity contribution in [2.75, 3.05) is 5.73 Å². The van der Waals surface area contributed by atoms with Crippen LogP contribution in [0.3, 0.4) is 0 Å². The lowest BCUT2D eigenvalue weighted by atomic mass is 10.1. The number of anilines is 1. The van der Waals surface area contributed by atoms with Gasteiger partial charge in [-0.2, -0.15) is 0 Å². The Labute approximate surface area is 73.9 Å². The zero-order chi connectivity index (χ0) is 8.97. The summed E-state index contributed by atoms with van der Waals surface area (Å²) in [5.74, 6) is 0. The first kappa shape index (κ1) is 8.85. The van der Waals surface area contributed by atoms with Crippen LogP contribution in [0.1, 0.15) is 19.4 Å². The zero-order valence-electron chi connectivity index (χ0n) is 7.67. The van der Waals surface area contributed by atoms with Gasteiger partial charge in [0, 0.05) is 5.69 Å². The molecule has 0 aliphatic heterocycles. The van der Waals surface area contributed by atoms with E-state index in [1.165, 1.54) is 11.1 Å². The number of benzene rings is 1. The topological polar surface area (TPSA) is 26.0 Å². The summed E-state index contributed by atoms with van der Waals surface area (Å²) in [7, 11) is 0. The third-order valence-corrected chi connectivity index (χ3v) is 1.70. The van der Waals surface area contributed by atoms with Gasteiger partial charge in [0.05, 0.1) is 0 Å². The molecule has 0 radical (unpaired) electrons. The maximum Gasteiger partial charge on any atom is 0.0316 e. The smallest absolute Gasteiger partial charge is 0.0316 e. The normalized spacial score (nSPS) is 9.50. The molecular weight excluding hydrogens is 146 g/mol. The molecule has 1 aromatic rings. The Kier molecular flexibility index (Phi) is 2.92. The van der Waals surface area contributed by atoms with E-state index < -0.39 is 0 Å². The Balaban J connectivity index is 2.70. The monoisotopic (exact) mass is 161 g/mol. The molecule has 0 amide bonds. The molecule has 0 fully saturated rings. The summed E-state index contributed by atoms with van der Waals surface area (Å²) in [4.78, 5) is 0. The van der Waals surface area contributed by atoms with Crippen molar-refractivity contribution in [2.45, 2.75) is 20.3 Å². The predicted octanol–water partition coefficient (Wildman–Crippen LogP) is 2.78. The van der Waals surface area contributed by atoms with Gasteiger partial charge in [-0.3, -0.25) is 0 Å². The fourth-order valence-electron chi connectivity index (χ4n) is 1.04. The van der Waals surface area contributed by atoms with Gasteiger partial charge in [-0.05, 0) is 38.0 Å². The third kappa shape index (κ3) is 2.79. The second kappa shape index (κ2) is 3.96. The first-order valence-electron chi connectivity index (χ1n) is 4.16. The average molecular weight is 161 g/mol. The van der Waals surface area contributed by atoms with Gasteiger partial charge < -0.3 is 5.73 Å². The van der Waals surface area contributed by atoms with Gasteiger partial charge in [-0.1, -0.05) is 23.8 Å². The van der Waals surface area contributed by atoms with Gasteiger partial charge in [-0.25, -0.2) is 0 Å². The van der Waals surface area contributed by atoms with Gasteiger partial charge in [0.2, 0.25) is 0 Å². The molecule has 0 spiro atoms. The van der Waals surface area contributed by atoms with Gasteiger partial charge in [0.1, 0.15) is 0 Å². The van der Waals surface area contributed by atoms with Crippen molar-refractivity contribution in [1.29, 1.82) is 0 Å². The van der Waals surface area contributed by atoms with Crippen molar-refractivity contribution >= 4 is 5.69 Å². The maximum atomic E-state index is 5.64. The SMILES string of the molecule is CC(C)=CCc1cccc(N)c1. The van der Waals surface area contributed by atoms with Crippen molar-refractivity contribution in [3.8, 4) is 0 Å². The first-order chi connectivity index (χ1) is 5.68. The highest BCUT2D eigenvalue weighted by molar-refractivity contribution is 5.41. The Hall–Kier alpha value is -1.24. The van der Waals surface area contributed by atoms with Crippen LogP contribution in [-0.2, 0) is 6.42 Å². The van der Waals surface area contributed by atoms with Crippen molar-refractivity contribution in [2.24, 2.45) is 0 Å². The van der Waals surface area contributed by atoms with Crippen LogP contribution in [-0.4, -0.2) is 0 Å². The standard InChI is InChI=1S/C11H15N/c1-9(2)6-7-10-4-3-5-11(12)8-10/h3-6,8H,7,12H2,1-2H3. The fraction of sp³-hybridized carbons (Fsp3) is 0.273. The number of nitrogen functional groups attached to an aromatic ring is 1. The van der Waals surface area contributed by atoms with Crippen LogP contribution >= 0.6 is 0 Å². The van der Waals surface area contributed by atoms with Crippen LogP contribution in [0.15, 0.2) is 35.9 Å². The maximum absolute atomic E-state index is 5.64. The lowest BCUT2D eigenvalue weighted by Crippen LogP contribution is -1.87. The molecule has 2 N–H and O–H groups in total. The molecule has 0 aromatic heterocycles. The third-order valence-electron chi connectivity index (χ3n) is 1.70. The fourth-order valence-corrected chi connectivity index (χ4v) is 1.04. The van der Waals surface area contributed by atoms with E-state index in [1.54, 1.807) is 0 Å². The summed E-state index contributed by atoms with van der Waals surface area (Å²) in [6.45, 7) is 4.21. The molecule has 0 bridgehead atoms. The summed E-state index contributed by atoms with van der Waals surface area (Å²) >= 11 is 0. The highest BCUT2D eigenvalue weighted by Crippen LogP contribution is 2.08. The highest BCUT2D eigenvalue weighted by atomic mass is 14.5. The average Bonchev–Trinajstić information content (AvgIpc) is 2.01. The molecule has 0 saturated carbocycles. The Morgan fingerprint density at radius 2 is 2.17 bits per heavy atom. The summed E-state index contributed by atoms with van der Waals surface area (Å²) in [6.07, 6.45) is 3.18. The largest absolute Gasteiger partial charge is 0.399 e. The highest BCUT2D eigenvalue weighted by Gasteiger charge is 1.89. The van der Waals surface area contributed by atoms with Crippen molar-refractivity contribution in [3.05, 3.63) is 41.5 Å². The predicted molar refractivity (Wildman–Crippen MR) is 54.0 cm³/mol. The summed E-state index contributed by atoms with van der Waals surface area (Å²) in [5, 5.41) is 0. The van der Waals surface area contributed by atoms with Crippen LogP contribution in [0.4, 0.5) is 5.69 Å². The molecule has 1 nitrogen and oxygen atoms in total. The molecule has 1 rings (SSSR count). The van der Waals surface area contributed by atoms with Gasteiger partial charge in [-0.15, -0.1) is 0 Å². The van der Waals surface area contributed by atoms with Crippen LogP contribution < -0.4 is 5.73 Å². The molecule has 0 saturated heterocycles. The lowest BCUT2D eigenvalue weighted by molar-refractivity contribution is 1.22. The molecule has 0 atom stereocenters. The van der Waals surface area contributed by atoms with E-state index in [9.17, 15) is 0 Å². The van der Waals surface area contributed by atoms with E-state index in [2.05, 4.69) is 26.0 Å². The summed E-state index contributed by atoms with van der Waals surface area (Å²) < 4.78 is 0. The molecular formula is C11H15N. The van der Waals surface area contributed by atoms with Crippen molar-refractivity contribution in [1.82, 2.24) is 0 Å². The molecule has 1 aromatic carbocycles. The van der Waals surface area contributed by atoms with Crippen LogP contribution in [0.5, 0.6) is 0 Å². The Morgan fingerprint density at radius 1 is 1.42 bits per heavy atom. The van der Waals surface area contributed by atoms with Gasteiger partial charge >= 0.3 is 0 Å². The number of hydrogen-bond donors (Lipinski definition) is 1. The molecule has 12 heavy (non-hydrogen) atoms. The minimum absolute atomic E-state index is 0.842. The van der Waals surface area contributed by atoms with Gasteiger partial charge in [0.15, 0.2) is 0 Å². The van der Waals surface area contributed by atoms with E-state index in [4.69, 9.17) is 5.73 Å². The van der Waals surface area contributed by atoms with Gasteiger partial charge in [0.25, 0.3) is 0 Å². The molecule has 1 heteroatoms. The van der Waals surface area contributed by atoms with Crippen molar-refractivity contribution < 1.29 is 0 Å². The minimum Gasteiger partial charge on any atom is -0.399 e. The van der Waals surface area contributed by atoms with E-state index in [1.807, 2.05) is 18.2 Å². The van der Waals surface area contributed by atoms with E-state index in [0.717, 1.165) is 12.1 Å². The number of nitrogens with two attached hydrogens (primary N) is 1. The molecule has 0 aliphatic carbocycles.